The topological polar surface area (TPSA) is 28.6 Å². The van der Waals surface area contributed by atoms with E-state index >= 15 is 0 Å². The van der Waals surface area contributed by atoms with Crippen LogP contribution in [-0.2, 0) is 4.74 Å². The van der Waals surface area contributed by atoms with E-state index in [1.165, 1.54) is 18.5 Å². The van der Waals surface area contributed by atoms with Crippen LogP contribution in [0.15, 0.2) is 41.5 Å². The first kappa shape index (κ1) is 27.2. The zero-order chi connectivity index (χ0) is 21.4. The van der Waals surface area contributed by atoms with Crippen molar-refractivity contribution in [3.8, 4) is 0 Å². The number of hydrogen-bond donors (Lipinski definition) is 0. The molecule has 0 radical (unpaired) electrons. The Hall–Kier alpha value is -1.07. The van der Waals surface area contributed by atoms with Crippen LogP contribution in [0.2, 0.25) is 0 Å². The first-order chi connectivity index (χ1) is 14.3. The molecular formula is C26H41Cl2N3O. The Bertz CT molecular complexity index is 826. The van der Waals surface area contributed by atoms with E-state index in [4.69, 9.17) is 9.72 Å². The van der Waals surface area contributed by atoms with Crippen molar-refractivity contribution in [2.45, 2.75) is 52.9 Å². The second-order valence-electron chi connectivity index (χ2n) is 10.4. The fourth-order valence-corrected chi connectivity index (χ4v) is 5.44. The molecule has 3 aliphatic rings. The summed E-state index contributed by atoms with van der Waals surface area (Å²) in [5.74, 6) is 1.69. The number of methoxy groups -OCH3 is 1. The van der Waals surface area contributed by atoms with Gasteiger partial charge in [-0.25, -0.2) is 4.98 Å². The van der Waals surface area contributed by atoms with Crippen LogP contribution < -0.4 is 4.90 Å². The molecule has 1 saturated heterocycles. The number of rotatable bonds is 5. The van der Waals surface area contributed by atoms with Gasteiger partial charge in [0.05, 0.1) is 6.61 Å². The summed E-state index contributed by atoms with van der Waals surface area (Å²) in [6.07, 6.45) is 8.42. The highest BCUT2D eigenvalue weighted by atomic mass is 35.5. The van der Waals surface area contributed by atoms with Gasteiger partial charge in [0.15, 0.2) is 0 Å². The second-order valence-corrected chi connectivity index (χ2v) is 10.4. The number of ether oxygens (including phenoxy) is 1. The smallest absolute Gasteiger partial charge is 0.128 e. The van der Waals surface area contributed by atoms with Gasteiger partial charge in [0.1, 0.15) is 5.82 Å². The Morgan fingerprint density at radius 3 is 2.28 bits per heavy atom. The third-order valence-electron chi connectivity index (χ3n) is 7.51. The normalized spacial score (nSPS) is 24.4. The fraction of sp³-hybridized carbons (Fsp3) is 0.654. The summed E-state index contributed by atoms with van der Waals surface area (Å²) in [4.78, 5) is 10.1. The lowest BCUT2D eigenvalue weighted by atomic mass is 9.61. The quantitative estimate of drug-likeness (QED) is 0.490. The maximum absolute atomic E-state index is 5.23. The molecule has 1 aliphatic heterocycles. The molecule has 1 unspecified atom stereocenters. The molecular weight excluding hydrogens is 441 g/mol. The third kappa shape index (κ3) is 5.70. The SMILES string of the molecule is COCCN1CCN(c2cccc(C3CCC4=C(C3)C(C)(C)C=CC4(C)C)n2)CC1.Cl.Cl. The minimum atomic E-state index is 0. The summed E-state index contributed by atoms with van der Waals surface area (Å²) in [6.45, 7) is 15.6. The monoisotopic (exact) mass is 481 g/mol. The lowest BCUT2D eigenvalue weighted by Crippen LogP contribution is -2.47. The van der Waals surface area contributed by atoms with Crippen molar-refractivity contribution >= 4 is 30.6 Å². The minimum absolute atomic E-state index is 0. The van der Waals surface area contributed by atoms with Crippen molar-refractivity contribution in [2.75, 3.05) is 51.3 Å². The van der Waals surface area contributed by atoms with Crippen LogP contribution in [-0.4, -0.2) is 56.3 Å². The van der Waals surface area contributed by atoms with Crippen LogP contribution in [0.25, 0.3) is 0 Å². The van der Waals surface area contributed by atoms with Gasteiger partial charge in [0.25, 0.3) is 0 Å². The molecule has 0 saturated carbocycles. The average Bonchev–Trinajstić information content (AvgIpc) is 2.76. The summed E-state index contributed by atoms with van der Waals surface area (Å²) >= 11 is 0. The van der Waals surface area contributed by atoms with Gasteiger partial charge in [-0.15, -0.1) is 24.8 Å². The molecule has 0 bridgehead atoms. The highest BCUT2D eigenvalue weighted by molar-refractivity contribution is 5.85. The minimum Gasteiger partial charge on any atom is -0.383 e. The number of anilines is 1. The highest BCUT2D eigenvalue weighted by Crippen LogP contribution is 2.52. The Kier molecular flexibility index (Phi) is 9.26. The van der Waals surface area contributed by atoms with Gasteiger partial charge in [0.2, 0.25) is 0 Å². The number of hydrogen-bond acceptors (Lipinski definition) is 4. The molecule has 1 aromatic heterocycles. The molecule has 180 valence electrons. The summed E-state index contributed by atoms with van der Waals surface area (Å²) in [7, 11) is 1.78. The molecule has 1 atom stereocenters. The maximum Gasteiger partial charge on any atom is 0.128 e. The van der Waals surface area contributed by atoms with Crippen LogP contribution in [0.4, 0.5) is 5.82 Å². The van der Waals surface area contributed by atoms with Gasteiger partial charge in [-0.3, -0.25) is 4.90 Å². The molecule has 4 rings (SSSR count). The summed E-state index contributed by atoms with van der Waals surface area (Å²) < 4.78 is 5.23. The predicted octanol–water partition coefficient (Wildman–Crippen LogP) is 5.88. The number of aromatic nitrogens is 1. The number of allylic oxidation sites excluding steroid dienone is 4. The summed E-state index contributed by atoms with van der Waals surface area (Å²) in [5, 5.41) is 0. The van der Waals surface area contributed by atoms with E-state index in [1.54, 1.807) is 18.3 Å². The highest BCUT2D eigenvalue weighted by Gasteiger charge is 2.38. The van der Waals surface area contributed by atoms with E-state index in [0.29, 0.717) is 5.92 Å². The van der Waals surface area contributed by atoms with Gasteiger partial charge in [0, 0.05) is 62.3 Å². The standard InChI is InChI=1S/C26H39N3O.2ClH/c1-25(2)11-12-26(3,4)22-19-20(9-10-21(22)25)23-7-6-8-24(27-23)29-15-13-28(14-16-29)17-18-30-5;;/h6-8,11-12,20H,9-10,13-19H2,1-5H3;2*1H. The molecule has 1 fully saturated rings. The van der Waals surface area contributed by atoms with Crippen molar-refractivity contribution < 1.29 is 4.74 Å². The van der Waals surface area contributed by atoms with Crippen LogP contribution in [0.1, 0.15) is 58.6 Å². The van der Waals surface area contributed by atoms with E-state index in [9.17, 15) is 0 Å². The number of nitrogens with zero attached hydrogens (tertiary/aromatic N) is 3. The third-order valence-corrected chi connectivity index (χ3v) is 7.51. The molecule has 0 amide bonds. The van der Waals surface area contributed by atoms with E-state index in [-0.39, 0.29) is 35.6 Å². The summed E-state index contributed by atoms with van der Waals surface area (Å²) in [5.41, 5.74) is 4.98. The van der Waals surface area contributed by atoms with Gasteiger partial charge >= 0.3 is 0 Å². The van der Waals surface area contributed by atoms with Crippen molar-refractivity contribution in [1.82, 2.24) is 9.88 Å². The van der Waals surface area contributed by atoms with E-state index < -0.39 is 0 Å². The Labute approximate surface area is 207 Å². The number of piperazine rings is 1. The largest absolute Gasteiger partial charge is 0.383 e. The maximum atomic E-state index is 5.23. The first-order valence-electron chi connectivity index (χ1n) is 11.7. The van der Waals surface area contributed by atoms with Crippen molar-refractivity contribution in [3.63, 3.8) is 0 Å². The van der Waals surface area contributed by atoms with Crippen LogP contribution in [0.5, 0.6) is 0 Å². The molecule has 0 N–H and O–H groups in total. The van der Waals surface area contributed by atoms with E-state index in [2.05, 4.69) is 67.8 Å². The van der Waals surface area contributed by atoms with Gasteiger partial charge < -0.3 is 9.64 Å². The van der Waals surface area contributed by atoms with Gasteiger partial charge in [-0.05, 0) is 31.4 Å². The second kappa shape index (κ2) is 10.9. The van der Waals surface area contributed by atoms with Crippen LogP contribution in [0, 0.1) is 10.8 Å². The van der Waals surface area contributed by atoms with Crippen LogP contribution in [0.3, 0.4) is 0 Å². The van der Waals surface area contributed by atoms with Crippen molar-refractivity contribution in [3.05, 3.63) is 47.2 Å². The summed E-state index contributed by atoms with van der Waals surface area (Å²) in [6, 6.07) is 6.66. The molecule has 6 heteroatoms. The average molecular weight is 483 g/mol. The molecule has 2 heterocycles. The number of pyridine rings is 1. The van der Waals surface area contributed by atoms with Gasteiger partial charge in [-0.1, -0.05) is 57.1 Å². The molecule has 0 spiro atoms. The lowest BCUT2D eigenvalue weighted by Gasteiger charge is -2.44. The molecule has 0 aromatic carbocycles. The lowest BCUT2D eigenvalue weighted by molar-refractivity contribution is 0.144. The zero-order valence-electron chi connectivity index (χ0n) is 20.4. The fourth-order valence-electron chi connectivity index (χ4n) is 5.44. The molecule has 4 nitrogen and oxygen atoms in total. The van der Waals surface area contributed by atoms with E-state index in [0.717, 1.165) is 51.6 Å². The molecule has 1 aromatic rings. The predicted molar refractivity (Wildman–Crippen MR) is 140 cm³/mol. The molecule has 2 aliphatic carbocycles. The van der Waals surface area contributed by atoms with E-state index in [1.807, 2.05) is 0 Å². The first-order valence-corrected chi connectivity index (χ1v) is 11.7. The van der Waals surface area contributed by atoms with Crippen LogP contribution >= 0.6 is 24.8 Å². The Balaban J connectivity index is 0.00000181. The van der Waals surface area contributed by atoms with Crippen molar-refractivity contribution in [2.24, 2.45) is 10.8 Å². The Morgan fingerprint density at radius 1 is 0.969 bits per heavy atom. The van der Waals surface area contributed by atoms with Crippen molar-refractivity contribution in [1.29, 1.82) is 0 Å². The van der Waals surface area contributed by atoms with Gasteiger partial charge in [-0.2, -0.15) is 0 Å². The molecule has 32 heavy (non-hydrogen) atoms. The number of halogens is 2. The Morgan fingerprint density at radius 2 is 1.62 bits per heavy atom. The zero-order valence-corrected chi connectivity index (χ0v) is 22.0.